The molecule has 1 aliphatic rings. The van der Waals surface area contributed by atoms with Gasteiger partial charge in [0.05, 0.1) is 19.8 Å². The van der Waals surface area contributed by atoms with Gasteiger partial charge in [0.2, 0.25) is 0 Å². The highest BCUT2D eigenvalue weighted by Gasteiger charge is 2.36. The predicted molar refractivity (Wildman–Crippen MR) is 77.3 cm³/mol. The second-order valence-corrected chi connectivity index (χ2v) is 5.06. The summed E-state index contributed by atoms with van der Waals surface area (Å²) in [5.74, 6) is -1.03. The number of carboxylic acid groups (broad SMARTS) is 1. The van der Waals surface area contributed by atoms with Gasteiger partial charge in [-0.15, -0.1) is 0 Å². The van der Waals surface area contributed by atoms with E-state index in [4.69, 9.17) is 9.47 Å². The van der Waals surface area contributed by atoms with Crippen molar-refractivity contribution in [3.05, 3.63) is 0 Å². The van der Waals surface area contributed by atoms with E-state index in [0.29, 0.717) is 26.3 Å². The third-order valence-electron chi connectivity index (χ3n) is 3.82. The van der Waals surface area contributed by atoms with Crippen LogP contribution < -0.4 is 0 Å². The maximum atomic E-state index is 12.8. The monoisotopic (exact) mass is 302 g/mol. The van der Waals surface area contributed by atoms with Gasteiger partial charge in [0, 0.05) is 26.2 Å². The average Bonchev–Trinajstić information content (AvgIpc) is 2.50. The molecular formula is C14H26N2O5. The fourth-order valence-corrected chi connectivity index (χ4v) is 2.56. The second kappa shape index (κ2) is 8.84. The molecule has 0 aliphatic carbocycles. The van der Waals surface area contributed by atoms with Gasteiger partial charge >= 0.3 is 12.0 Å². The van der Waals surface area contributed by atoms with Gasteiger partial charge in [-0.3, -0.25) is 0 Å². The molecule has 2 amide bonds. The first kappa shape index (κ1) is 17.7. The Morgan fingerprint density at radius 2 is 2.10 bits per heavy atom. The molecule has 1 saturated heterocycles. The number of urea groups is 1. The summed E-state index contributed by atoms with van der Waals surface area (Å²) in [5.41, 5.74) is 0. The summed E-state index contributed by atoms with van der Waals surface area (Å²) < 4.78 is 10.2. The molecule has 1 aliphatic heterocycles. The van der Waals surface area contributed by atoms with E-state index in [2.05, 4.69) is 0 Å². The molecule has 7 nitrogen and oxygen atoms in total. The predicted octanol–water partition coefficient (Wildman–Crippen LogP) is 1.03. The molecule has 1 unspecified atom stereocenters. The first-order valence-corrected chi connectivity index (χ1v) is 7.43. The van der Waals surface area contributed by atoms with Crippen LogP contribution in [0.5, 0.6) is 0 Å². The van der Waals surface area contributed by atoms with Gasteiger partial charge in [-0.2, -0.15) is 0 Å². The highest BCUT2D eigenvalue weighted by molar-refractivity contribution is 5.83. The molecule has 7 heteroatoms. The Hall–Kier alpha value is -1.34. The molecule has 0 bridgehead atoms. The van der Waals surface area contributed by atoms with Crippen molar-refractivity contribution < 1.29 is 24.2 Å². The minimum Gasteiger partial charge on any atom is -0.480 e. The molecule has 1 N–H and O–H groups in total. The molecule has 0 aromatic rings. The van der Waals surface area contributed by atoms with Gasteiger partial charge in [0.25, 0.3) is 0 Å². The zero-order valence-electron chi connectivity index (χ0n) is 13.1. The summed E-state index contributed by atoms with van der Waals surface area (Å²) in [4.78, 5) is 27.2. The lowest BCUT2D eigenvalue weighted by molar-refractivity contribution is -0.147. The van der Waals surface area contributed by atoms with Crippen molar-refractivity contribution in [1.82, 2.24) is 9.80 Å². The van der Waals surface area contributed by atoms with Crippen molar-refractivity contribution in [2.75, 3.05) is 40.0 Å². The average molecular weight is 302 g/mol. The summed E-state index contributed by atoms with van der Waals surface area (Å²) in [6, 6.07) is -1.06. The number of morpholine rings is 1. The second-order valence-electron chi connectivity index (χ2n) is 5.06. The van der Waals surface area contributed by atoms with Crippen molar-refractivity contribution in [2.24, 2.45) is 0 Å². The summed E-state index contributed by atoms with van der Waals surface area (Å²) in [7, 11) is 1.59. The minimum absolute atomic E-state index is 0.0438. The summed E-state index contributed by atoms with van der Waals surface area (Å²) in [5, 5.41) is 9.25. The van der Waals surface area contributed by atoms with Crippen molar-refractivity contribution >= 4 is 12.0 Å². The van der Waals surface area contributed by atoms with Crippen LogP contribution in [0.3, 0.4) is 0 Å². The first-order valence-electron chi connectivity index (χ1n) is 7.43. The third kappa shape index (κ3) is 4.57. The quantitative estimate of drug-likeness (QED) is 0.760. The van der Waals surface area contributed by atoms with Crippen LogP contribution in [0.25, 0.3) is 0 Å². The number of carboxylic acids is 1. The smallest absolute Gasteiger partial charge is 0.328 e. The van der Waals surface area contributed by atoms with Crippen molar-refractivity contribution in [2.45, 2.75) is 38.8 Å². The van der Waals surface area contributed by atoms with E-state index in [-0.39, 0.29) is 18.7 Å². The molecule has 0 aromatic heterocycles. The van der Waals surface area contributed by atoms with Gasteiger partial charge in [0.15, 0.2) is 6.04 Å². The van der Waals surface area contributed by atoms with E-state index in [1.807, 2.05) is 13.8 Å². The highest BCUT2D eigenvalue weighted by Crippen LogP contribution is 2.16. The fraction of sp³-hybridized carbons (Fsp3) is 0.857. The van der Waals surface area contributed by atoms with Crippen LogP contribution in [0.15, 0.2) is 0 Å². The Kier molecular flexibility index (Phi) is 7.45. The minimum atomic E-state index is -1.03. The maximum absolute atomic E-state index is 12.8. The highest BCUT2D eigenvalue weighted by atomic mass is 16.5. The Bertz CT molecular complexity index is 346. The summed E-state index contributed by atoms with van der Waals surface area (Å²) in [6.45, 7) is 5.66. The van der Waals surface area contributed by atoms with Crippen LogP contribution >= 0.6 is 0 Å². The maximum Gasteiger partial charge on any atom is 0.328 e. The first-order chi connectivity index (χ1) is 10.1. The number of methoxy groups -OCH3 is 1. The number of amides is 2. The van der Waals surface area contributed by atoms with Crippen LogP contribution in [-0.2, 0) is 14.3 Å². The number of aliphatic carboxylic acids is 1. The largest absolute Gasteiger partial charge is 0.480 e. The van der Waals surface area contributed by atoms with Gasteiger partial charge in [-0.25, -0.2) is 9.59 Å². The lowest BCUT2D eigenvalue weighted by Gasteiger charge is -2.39. The number of rotatable bonds is 7. The summed E-state index contributed by atoms with van der Waals surface area (Å²) in [6.07, 6.45) is 1.65. The zero-order valence-corrected chi connectivity index (χ0v) is 13.1. The molecule has 1 atom stereocenters. The van der Waals surface area contributed by atoms with Gasteiger partial charge in [0.1, 0.15) is 0 Å². The van der Waals surface area contributed by atoms with Crippen LogP contribution in [0.1, 0.15) is 26.7 Å². The SMILES string of the molecule is CCC(CC)N(CCOC)C(=O)N1CCOCC1C(=O)O. The standard InChI is InChI=1S/C14H26N2O5/c1-4-11(5-2)15(6-8-20-3)14(19)16-7-9-21-10-12(16)13(17)18/h11-12H,4-10H2,1-3H3,(H,17,18). The van der Waals surface area contributed by atoms with Gasteiger partial charge in [-0.05, 0) is 12.8 Å². The number of hydrogen-bond donors (Lipinski definition) is 1. The van der Waals surface area contributed by atoms with E-state index in [9.17, 15) is 14.7 Å². The third-order valence-corrected chi connectivity index (χ3v) is 3.82. The van der Waals surface area contributed by atoms with Gasteiger partial charge < -0.3 is 24.4 Å². The van der Waals surface area contributed by atoms with Crippen molar-refractivity contribution in [1.29, 1.82) is 0 Å². The Morgan fingerprint density at radius 3 is 2.62 bits per heavy atom. The summed E-state index contributed by atoms with van der Waals surface area (Å²) >= 11 is 0. The normalized spacial score (nSPS) is 18.9. The topological polar surface area (TPSA) is 79.3 Å². The molecule has 0 aromatic carbocycles. The lowest BCUT2D eigenvalue weighted by atomic mass is 10.1. The number of nitrogens with zero attached hydrogens (tertiary/aromatic N) is 2. The van der Waals surface area contributed by atoms with Crippen LogP contribution in [-0.4, -0.2) is 79.0 Å². The van der Waals surface area contributed by atoms with E-state index < -0.39 is 12.0 Å². The van der Waals surface area contributed by atoms with Crippen LogP contribution in [0, 0.1) is 0 Å². The van der Waals surface area contributed by atoms with E-state index in [1.54, 1.807) is 12.0 Å². The van der Waals surface area contributed by atoms with Crippen LogP contribution in [0.4, 0.5) is 4.79 Å². The molecule has 0 spiro atoms. The Labute approximate surface area is 125 Å². The Morgan fingerprint density at radius 1 is 1.43 bits per heavy atom. The van der Waals surface area contributed by atoms with E-state index in [1.165, 1.54) is 4.90 Å². The zero-order chi connectivity index (χ0) is 15.8. The number of carbonyl (C=O) groups excluding carboxylic acids is 1. The van der Waals surface area contributed by atoms with E-state index in [0.717, 1.165) is 12.8 Å². The molecule has 0 radical (unpaired) electrons. The van der Waals surface area contributed by atoms with Gasteiger partial charge in [-0.1, -0.05) is 13.8 Å². The molecule has 1 heterocycles. The molecule has 1 rings (SSSR count). The van der Waals surface area contributed by atoms with Crippen LogP contribution in [0.2, 0.25) is 0 Å². The fourth-order valence-electron chi connectivity index (χ4n) is 2.56. The molecule has 21 heavy (non-hydrogen) atoms. The number of ether oxygens (including phenoxy) is 2. The lowest BCUT2D eigenvalue weighted by Crippen LogP contribution is -2.58. The van der Waals surface area contributed by atoms with E-state index >= 15 is 0 Å². The molecule has 1 fully saturated rings. The Balaban J connectivity index is 2.88. The van der Waals surface area contributed by atoms with Crippen molar-refractivity contribution in [3.63, 3.8) is 0 Å². The molecule has 0 saturated carbocycles. The number of hydrogen-bond acceptors (Lipinski definition) is 4. The van der Waals surface area contributed by atoms with Crippen molar-refractivity contribution in [3.8, 4) is 0 Å². The molecular weight excluding hydrogens is 276 g/mol. The number of carbonyl (C=O) groups is 2. The molecule has 122 valence electrons.